The number of aliphatic carboxylic acids is 3. The molecule has 108 valence electrons. The van der Waals surface area contributed by atoms with E-state index in [0.717, 1.165) is 12.8 Å². The summed E-state index contributed by atoms with van der Waals surface area (Å²) in [6, 6.07) is 0. The highest BCUT2D eigenvalue weighted by molar-refractivity contribution is 5.68. The Labute approximate surface area is 108 Å². The van der Waals surface area contributed by atoms with Gasteiger partial charge in [0.1, 0.15) is 0 Å². The van der Waals surface area contributed by atoms with Gasteiger partial charge >= 0.3 is 17.9 Å². The molecule has 0 heterocycles. The lowest BCUT2D eigenvalue weighted by molar-refractivity contribution is -0.140. The predicted molar refractivity (Wildman–Crippen MR) is 67.6 cm³/mol. The van der Waals surface area contributed by atoms with Crippen LogP contribution >= 0.6 is 0 Å². The molecule has 6 heteroatoms. The summed E-state index contributed by atoms with van der Waals surface area (Å²) in [5, 5.41) is 23.8. The summed E-state index contributed by atoms with van der Waals surface area (Å²) in [6.07, 6.45) is 2.30. The van der Waals surface area contributed by atoms with Gasteiger partial charge in [0.15, 0.2) is 0 Å². The lowest BCUT2D eigenvalue weighted by Crippen LogP contribution is -2.03. The van der Waals surface area contributed by atoms with Crippen LogP contribution in [0.2, 0.25) is 0 Å². The average Bonchev–Trinajstić information content (AvgIpc) is 2.27. The molecule has 0 saturated heterocycles. The van der Waals surface area contributed by atoms with Crippen molar-refractivity contribution in [2.75, 3.05) is 0 Å². The number of hydrogen-bond donors (Lipinski definition) is 3. The Morgan fingerprint density at radius 1 is 0.944 bits per heavy atom. The third kappa shape index (κ3) is 36.6. The molecule has 0 unspecified atom stereocenters. The van der Waals surface area contributed by atoms with Gasteiger partial charge in [-0.15, -0.1) is 0 Å². The number of hydrogen-bond acceptors (Lipinski definition) is 3. The zero-order valence-corrected chi connectivity index (χ0v) is 11.5. The fraction of sp³-hybridized carbons (Fsp3) is 0.750. The fourth-order valence-electron chi connectivity index (χ4n) is 0.328. The van der Waals surface area contributed by atoms with Crippen LogP contribution in [0.25, 0.3) is 0 Å². The van der Waals surface area contributed by atoms with Crippen molar-refractivity contribution in [1.29, 1.82) is 0 Å². The van der Waals surface area contributed by atoms with Crippen LogP contribution in [-0.2, 0) is 14.4 Å². The smallest absolute Gasteiger partial charge is 0.305 e. The van der Waals surface area contributed by atoms with E-state index in [9.17, 15) is 14.4 Å². The first-order valence-electron chi connectivity index (χ1n) is 5.85. The van der Waals surface area contributed by atoms with Crippen LogP contribution in [0.3, 0.4) is 0 Å². The molecule has 0 aromatic rings. The normalized spacial score (nSPS) is 8.50. The minimum absolute atomic E-state index is 0.222. The topological polar surface area (TPSA) is 112 Å². The Bertz CT molecular complexity index is 235. The van der Waals surface area contributed by atoms with Crippen molar-refractivity contribution in [2.45, 2.75) is 53.4 Å². The molecule has 0 aromatic carbocycles. The second kappa shape index (κ2) is 15.4. The summed E-state index contributed by atoms with van der Waals surface area (Å²) < 4.78 is 0. The standard InChI is InChI=1S/C5H10O2.C4H8O2.C3H6O2/c1-2-3-4-5(6)7;1-3(2)4(5)6;1-2-3(4)5/h2-4H2,1H3,(H,6,7);3H,1-2H3,(H,5,6);2H2,1H3,(H,4,5). The Morgan fingerprint density at radius 2 is 1.28 bits per heavy atom. The quantitative estimate of drug-likeness (QED) is 0.703. The van der Waals surface area contributed by atoms with E-state index in [-0.39, 0.29) is 12.3 Å². The second-order valence-electron chi connectivity index (χ2n) is 3.74. The molecule has 0 spiro atoms. The van der Waals surface area contributed by atoms with Gasteiger partial charge in [-0.2, -0.15) is 0 Å². The van der Waals surface area contributed by atoms with Crippen molar-refractivity contribution in [1.82, 2.24) is 0 Å². The third-order valence-electron chi connectivity index (χ3n) is 1.54. The molecule has 3 N–H and O–H groups in total. The highest BCUT2D eigenvalue weighted by Crippen LogP contribution is 1.91. The number of carboxylic acid groups (broad SMARTS) is 3. The molecule has 0 aromatic heterocycles. The Hall–Kier alpha value is -1.59. The molecular weight excluding hydrogens is 240 g/mol. The van der Waals surface area contributed by atoms with E-state index in [1.165, 1.54) is 0 Å². The SMILES string of the molecule is CC(C)C(=O)O.CCC(=O)O.CCCCC(=O)O. The summed E-state index contributed by atoms with van der Waals surface area (Å²) in [6.45, 7) is 6.86. The first kappa shape index (κ1) is 21.7. The predicted octanol–water partition coefficient (Wildman–Crippen LogP) is 2.47. The highest BCUT2D eigenvalue weighted by Gasteiger charge is 1.99. The summed E-state index contributed by atoms with van der Waals surface area (Å²) in [5.41, 5.74) is 0. The summed E-state index contributed by atoms with van der Waals surface area (Å²) in [7, 11) is 0. The molecule has 0 aliphatic heterocycles. The maximum absolute atomic E-state index is 9.76. The van der Waals surface area contributed by atoms with Crippen LogP contribution in [0.4, 0.5) is 0 Å². The first-order valence-corrected chi connectivity index (χ1v) is 5.85. The largest absolute Gasteiger partial charge is 0.481 e. The van der Waals surface area contributed by atoms with Crippen molar-refractivity contribution in [3.63, 3.8) is 0 Å². The van der Waals surface area contributed by atoms with E-state index >= 15 is 0 Å². The van der Waals surface area contributed by atoms with E-state index in [2.05, 4.69) is 0 Å². The Kier molecular flexibility index (Phi) is 18.6. The molecular formula is C12H24O6. The van der Waals surface area contributed by atoms with E-state index in [1.807, 2.05) is 6.92 Å². The van der Waals surface area contributed by atoms with Gasteiger partial charge in [-0.3, -0.25) is 14.4 Å². The van der Waals surface area contributed by atoms with Gasteiger partial charge in [-0.1, -0.05) is 34.1 Å². The van der Waals surface area contributed by atoms with Gasteiger partial charge in [0.25, 0.3) is 0 Å². The van der Waals surface area contributed by atoms with Gasteiger partial charge in [0.2, 0.25) is 0 Å². The van der Waals surface area contributed by atoms with Gasteiger partial charge in [-0.05, 0) is 6.42 Å². The molecule has 6 nitrogen and oxygen atoms in total. The lowest BCUT2D eigenvalue weighted by Gasteiger charge is -1.89. The van der Waals surface area contributed by atoms with Gasteiger partial charge in [-0.25, -0.2) is 0 Å². The number of unbranched alkanes of at least 4 members (excludes halogenated alkanes) is 1. The number of carboxylic acids is 3. The summed E-state index contributed by atoms with van der Waals surface area (Å²) in [4.78, 5) is 28.8. The molecule has 18 heavy (non-hydrogen) atoms. The van der Waals surface area contributed by atoms with Crippen molar-refractivity contribution >= 4 is 17.9 Å². The monoisotopic (exact) mass is 264 g/mol. The summed E-state index contributed by atoms with van der Waals surface area (Å²) in [5.74, 6) is -2.41. The first-order chi connectivity index (χ1) is 8.18. The van der Waals surface area contributed by atoms with Crippen LogP contribution in [0.1, 0.15) is 53.4 Å². The Balaban J connectivity index is -0.000000190. The summed E-state index contributed by atoms with van der Waals surface area (Å²) >= 11 is 0. The second-order valence-corrected chi connectivity index (χ2v) is 3.74. The van der Waals surface area contributed by atoms with Crippen LogP contribution in [0.5, 0.6) is 0 Å². The molecule has 0 atom stereocenters. The molecule has 0 radical (unpaired) electrons. The number of carbonyl (C=O) groups is 3. The maximum atomic E-state index is 9.76. The fourth-order valence-corrected chi connectivity index (χ4v) is 0.328. The van der Waals surface area contributed by atoms with E-state index in [1.54, 1.807) is 20.8 Å². The van der Waals surface area contributed by atoms with E-state index < -0.39 is 17.9 Å². The van der Waals surface area contributed by atoms with Gasteiger partial charge < -0.3 is 15.3 Å². The van der Waals surface area contributed by atoms with Crippen LogP contribution in [0, 0.1) is 5.92 Å². The molecule has 0 bridgehead atoms. The maximum Gasteiger partial charge on any atom is 0.305 e. The minimum atomic E-state index is -0.745. The van der Waals surface area contributed by atoms with E-state index in [0.29, 0.717) is 6.42 Å². The molecule has 0 aliphatic carbocycles. The average molecular weight is 264 g/mol. The molecule has 0 rings (SSSR count). The van der Waals surface area contributed by atoms with Crippen molar-refractivity contribution in [3.8, 4) is 0 Å². The molecule has 0 saturated carbocycles. The molecule has 0 amide bonds. The number of rotatable bonds is 5. The third-order valence-corrected chi connectivity index (χ3v) is 1.54. The minimum Gasteiger partial charge on any atom is -0.481 e. The van der Waals surface area contributed by atoms with E-state index in [4.69, 9.17) is 15.3 Å². The lowest BCUT2D eigenvalue weighted by atomic mass is 10.2. The highest BCUT2D eigenvalue weighted by atomic mass is 16.4. The van der Waals surface area contributed by atoms with Crippen molar-refractivity contribution in [2.24, 2.45) is 5.92 Å². The zero-order chi connectivity index (χ0) is 15.1. The van der Waals surface area contributed by atoms with Crippen LogP contribution in [0.15, 0.2) is 0 Å². The van der Waals surface area contributed by atoms with Gasteiger partial charge in [0.05, 0.1) is 5.92 Å². The molecule has 0 fully saturated rings. The van der Waals surface area contributed by atoms with Gasteiger partial charge in [0, 0.05) is 12.8 Å². The van der Waals surface area contributed by atoms with Crippen LogP contribution < -0.4 is 0 Å². The Morgan fingerprint density at radius 3 is 1.33 bits per heavy atom. The van der Waals surface area contributed by atoms with Crippen molar-refractivity contribution < 1.29 is 29.7 Å². The zero-order valence-electron chi connectivity index (χ0n) is 11.5. The van der Waals surface area contributed by atoms with Crippen molar-refractivity contribution in [3.05, 3.63) is 0 Å². The van der Waals surface area contributed by atoms with Crippen LogP contribution in [-0.4, -0.2) is 33.2 Å². The molecule has 0 aliphatic rings.